The molecule has 0 aliphatic heterocycles. The molecule has 1 rings (SSSR count). The van der Waals surface area contributed by atoms with Gasteiger partial charge in [0, 0.05) is 18.9 Å². The van der Waals surface area contributed by atoms with Gasteiger partial charge in [-0.15, -0.1) is 0 Å². The normalized spacial score (nSPS) is 14.1. The fourth-order valence-corrected chi connectivity index (χ4v) is 1.25. The number of rotatable bonds is 4. The number of ether oxygens (including phenoxy) is 1. The number of carbonyl (C=O) groups is 1. The lowest BCUT2D eigenvalue weighted by Crippen LogP contribution is -2.41. The van der Waals surface area contributed by atoms with Crippen molar-refractivity contribution in [2.75, 3.05) is 12.4 Å². The second-order valence-electron chi connectivity index (χ2n) is 3.91. The Labute approximate surface area is 99.4 Å². The Morgan fingerprint density at radius 3 is 2.71 bits per heavy atom. The molecule has 17 heavy (non-hydrogen) atoms. The Morgan fingerprint density at radius 2 is 2.24 bits per heavy atom. The van der Waals surface area contributed by atoms with Gasteiger partial charge in [0.15, 0.2) is 11.6 Å². The SMILES string of the molecule is CCC(C)(OC)C(=O)Nc1ccc(O)c(F)c1. The third-order valence-electron chi connectivity index (χ3n) is 2.81. The van der Waals surface area contributed by atoms with E-state index in [0.29, 0.717) is 6.42 Å². The summed E-state index contributed by atoms with van der Waals surface area (Å²) in [6.45, 7) is 3.47. The highest BCUT2D eigenvalue weighted by Crippen LogP contribution is 2.22. The highest BCUT2D eigenvalue weighted by molar-refractivity contribution is 5.97. The van der Waals surface area contributed by atoms with Crippen molar-refractivity contribution in [1.29, 1.82) is 0 Å². The number of phenols is 1. The van der Waals surface area contributed by atoms with Crippen LogP contribution in [0.5, 0.6) is 5.75 Å². The minimum atomic E-state index is -0.950. The van der Waals surface area contributed by atoms with Crippen LogP contribution in [-0.4, -0.2) is 23.7 Å². The first-order chi connectivity index (χ1) is 7.92. The zero-order chi connectivity index (χ0) is 13.1. The third-order valence-corrected chi connectivity index (χ3v) is 2.81. The van der Waals surface area contributed by atoms with Crippen LogP contribution in [0.2, 0.25) is 0 Å². The van der Waals surface area contributed by atoms with E-state index >= 15 is 0 Å². The number of hydrogen-bond acceptors (Lipinski definition) is 3. The van der Waals surface area contributed by atoms with Gasteiger partial charge >= 0.3 is 0 Å². The zero-order valence-electron chi connectivity index (χ0n) is 10.1. The van der Waals surface area contributed by atoms with Crippen molar-refractivity contribution in [3.63, 3.8) is 0 Å². The van der Waals surface area contributed by atoms with Gasteiger partial charge < -0.3 is 15.2 Å². The maximum absolute atomic E-state index is 13.1. The van der Waals surface area contributed by atoms with Crippen LogP contribution in [0.25, 0.3) is 0 Å². The Bertz CT molecular complexity index is 416. The zero-order valence-corrected chi connectivity index (χ0v) is 10.1. The molecule has 0 fully saturated rings. The van der Waals surface area contributed by atoms with Crippen LogP contribution in [0.4, 0.5) is 10.1 Å². The molecule has 1 unspecified atom stereocenters. The second kappa shape index (κ2) is 5.14. The number of aromatic hydroxyl groups is 1. The molecule has 0 aliphatic rings. The molecule has 5 heteroatoms. The van der Waals surface area contributed by atoms with Crippen LogP contribution >= 0.6 is 0 Å². The average Bonchev–Trinajstić information content (AvgIpc) is 2.32. The standard InChI is InChI=1S/C12H16FNO3/c1-4-12(2,17-3)11(16)14-8-5-6-10(15)9(13)7-8/h5-7,15H,4H2,1-3H3,(H,14,16). The van der Waals surface area contributed by atoms with Crippen molar-refractivity contribution >= 4 is 11.6 Å². The van der Waals surface area contributed by atoms with Crippen LogP contribution in [0, 0.1) is 5.82 Å². The van der Waals surface area contributed by atoms with Crippen LogP contribution in [0.15, 0.2) is 18.2 Å². The number of halogens is 1. The van der Waals surface area contributed by atoms with Gasteiger partial charge in [-0.25, -0.2) is 4.39 Å². The number of methoxy groups -OCH3 is 1. The molecule has 2 N–H and O–H groups in total. The van der Waals surface area contributed by atoms with E-state index in [1.165, 1.54) is 19.2 Å². The summed E-state index contributed by atoms with van der Waals surface area (Å²) < 4.78 is 18.2. The van der Waals surface area contributed by atoms with Crippen LogP contribution in [0.3, 0.4) is 0 Å². The first kappa shape index (κ1) is 13.4. The van der Waals surface area contributed by atoms with Crippen molar-refractivity contribution in [2.45, 2.75) is 25.9 Å². The molecule has 0 saturated carbocycles. The summed E-state index contributed by atoms with van der Waals surface area (Å²) in [6.07, 6.45) is 0.496. The Hall–Kier alpha value is -1.62. The predicted molar refractivity (Wildman–Crippen MR) is 62.4 cm³/mol. The smallest absolute Gasteiger partial charge is 0.256 e. The van der Waals surface area contributed by atoms with E-state index in [2.05, 4.69) is 5.32 Å². The lowest BCUT2D eigenvalue weighted by Gasteiger charge is -2.25. The first-order valence-corrected chi connectivity index (χ1v) is 5.28. The Kier molecular flexibility index (Phi) is 4.07. The van der Waals surface area contributed by atoms with Crippen LogP contribution in [-0.2, 0) is 9.53 Å². The fraction of sp³-hybridized carbons (Fsp3) is 0.417. The molecule has 4 nitrogen and oxygen atoms in total. The number of anilines is 1. The van der Waals surface area contributed by atoms with E-state index in [1.807, 2.05) is 6.92 Å². The largest absolute Gasteiger partial charge is 0.505 e. The molecule has 0 heterocycles. The van der Waals surface area contributed by atoms with Crippen molar-refractivity contribution in [1.82, 2.24) is 0 Å². The number of benzene rings is 1. The quantitative estimate of drug-likeness (QED) is 0.795. The van der Waals surface area contributed by atoms with E-state index in [4.69, 9.17) is 9.84 Å². The molecule has 1 atom stereocenters. The third kappa shape index (κ3) is 2.94. The van der Waals surface area contributed by atoms with Crippen LogP contribution < -0.4 is 5.32 Å². The summed E-state index contributed by atoms with van der Waals surface area (Å²) in [5.74, 6) is -1.58. The highest BCUT2D eigenvalue weighted by atomic mass is 19.1. The van der Waals surface area contributed by atoms with E-state index in [0.717, 1.165) is 6.07 Å². The van der Waals surface area contributed by atoms with Crippen molar-refractivity contribution < 1.29 is 19.0 Å². The minimum Gasteiger partial charge on any atom is -0.505 e. The van der Waals surface area contributed by atoms with Gasteiger partial charge in [-0.3, -0.25) is 4.79 Å². The van der Waals surface area contributed by atoms with Crippen molar-refractivity contribution in [2.24, 2.45) is 0 Å². The summed E-state index contributed by atoms with van der Waals surface area (Å²) in [5, 5.41) is 11.6. The van der Waals surface area contributed by atoms with Gasteiger partial charge in [0.25, 0.3) is 5.91 Å². The number of phenolic OH excluding ortho intramolecular Hbond substituents is 1. The summed E-state index contributed by atoms with van der Waals surface area (Å²) >= 11 is 0. The summed E-state index contributed by atoms with van der Waals surface area (Å²) in [5.41, 5.74) is -0.670. The van der Waals surface area contributed by atoms with E-state index < -0.39 is 17.2 Å². The maximum Gasteiger partial charge on any atom is 0.256 e. The molecular weight excluding hydrogens is 225 g/mol. The number of nitrogens with one attached hydrogen (secondary N) is 1. The molecular formula is C12H16FNO3. The lowest BCUT2D eigenvalue weighted by atomic mass is 10.0. The van der Waals surface area contributed by atoms with Gasteiger partial charge in [0.1, 0.15) is 5.60 Å². The lowest BCUT2D eigenvalue weighted by molar-refractivity contribution is -0.136. The summed E-state index contributed by atoms with van der Waals surface area (Å²) in [7, 11) is 1.44. The molecule has 1 amide bonds. The Morgan fingerprint density at radius 1 is 1.59 bits per heavy atom. The molecule has 0 saturated heterocycles. The molecule has 0 aliphatic carbocycles. The molecule has 0 bridgehead atoms. The number of hydrogen-bond donors (Lipinski definition) is 2. The van der Waals surface area contributed by atoms with Gasteiger partial charge in [-0.2, -0.15) is 0 Å². The number of carbonyl (C=O) groups excluding carboxylic acids is 1. The topological polar surface area (TPSA) is 58.6 Å². The first-order valence-electron chi connectivity index (χ1n) is 5.28. The van der Waals surface area contributed by atoms with Crippen molar-refractivity contribution in [3.8, 4) is 5.75 Å². The van der Waals surface area contributed by atoms with Crippen LogP contribution in [0.1, 0.15) is 20.3 Å². The maximum atomic E-state index is 13.1. The fourth-order valence-electron chi connectivity index (χ4n) is 1.25. The molecule has 1 aromatic carbocycles. The van der Waals surface area contributed by atoms with Gasteiger partial charge in [0.2, 0.25) is 0 Å². The van der Waals surface area contributed by atoms with Gasteiger partial charge in [-0.1, -0.05) is 6.92 Å². The van der Waals surface area contributed by atoms with Crippen molar-refractivity contribution in [3.05, 3.63) is 24.0 Å². The van der Waals surface area contributed by atoms with Gasteiger partial charge in [-0.05, 0) is 25.5 Å². The van der Waals surface area contributed by atoms with E-state index in [9.17, 15) is 9.18 Å². The highest BCUT2D eigenvalue weighted by Gasteiger charge is 2.30. The predicted octanol–water partition coefficient (Wildman–Crippen LogP) is 2.28. The molecule has 0 spiro atoms. The van der Waals surface area contributed by atoms with E-state index in [1.54, 1.807) is 6.92 Å². The minimum absolute atomic E-state index is 0.280. The monoisotopic (exact) mass is 241 g/mol. The molecule has 0 radical (unpaired) electrons. The van der Waals surface area contributed by atoms with Gasteiger partial charge in [0.05, 0.1) is 0 Å². The second-order valence-corrected chi connectivity index (χ2v) is 3.91. The number of amides is 1. The average molecular weight is 241 g/mol. The Balaban J connectivity index is 2.84. The van der Waals surface area contributed by atoms with E-state index in [-0.39, 0.29) is 11.6 Å². The molecule has 1 aromatic rings. The summed E-state index contributed by atoms with van der Waals surface area (Å²) in [6, 6.07) is 3.65. The molecule has 94 valence electrons. The molecule has 0 aromatic heterocycles. The summed E-state index contributed by atoms with van der Waals surface area (Å²) in [4.78, 5) is 11.9.